The molecule has 0 amide bonds. The van der Waals surface area contributed by atoms with Crippen LogP contribution in [0.3, 0.4) is 0 Å². The molecule has 26 heavy (non-hydrogen) atoms. The summed E-state index contributed by atoms with van der Waals surface area (Å²) in [4.78, 5) is 0. The molecule has 1 fully saturated rings. The summed E-state index contributed by atoms with van der Waals surface area (Å²) in [6.07, 6.45) is 10.1. The zero-order valence-electron chi connectivity index (χ0n) is 18.1. The van der Waals surface area contributed by atoms with Gasteiger partial charge in [0.2, 0.25) is 0 Å². The molecule has 0 aromatic heterocycles. The minimum absolute atomic E-state index is 0.453. The van der Waals surface area contributed by atoms with E-state index in [0.717, 1.165) is 11.5 Å². The third-order valence-corrected chi connectivity index (χ3v) is 10.9. The zero-order chi connectivity index (χ0) is 19.2. The first-order chi connectivity index (χ1) is 12.4. The van der Waals surface area contributed by atoms with E-state index in [9.17, 15) is 0 Å². The van der Waals surface area contributed by atoms with Gasteiger partial charge in [-0.15, -0.1) is 0 Å². The summed E-state index contributed by atoms with van der Waals surface area (Å²) in [6, 6.07) is 11.4. The highest BCUT2D eigenvalue weighted by atomic mass is 28.3. The second-order valence-corrected chi connectivity index (χ2v) is 14.0. The van der Waals surface area contributed by atoms with Crippen LogP contribution in [0.1, 0.15) is 72.6 Å². The van der Waals surface area contributed by atoms with Crippen molar-refractivity contribution in [1.82, 2.24) is 0 Å². The predicted molar refractivity (Wildman–Crippen MR) is 118 cm³/mol. The van der Waals surface area contributed by atoms with Crippen molar-refractivity contribution in [1.29, 1.82) is 0 Å². The molecule has 1 nitrogen and oxygen atoms in total. The molecule has 1 aromatic rings. The van der Waals surface area contributed by atoms with Gasteiger partial charge in [0.25, 0.3) is 0 Å². The fraction of sp³-hybridized carbons (Fsp3) is 0.750. The first-order valence-electron chi connectivity index (χ1n) is 11.1. The number of ether oxygens (including phenoxy) is 1. The van der Waals surface area contributed by atoms with E-state index in [1.165, 1.54) is 44.9 Å². The van der Waals surface area contributed by atoms with E-state index >= 15 is 0 Å². The van der Waals surface area contributed by atoms with Crippen LogP contribution in [0.2, 0.25) is 18.6 Å². The molecule has 0 aliphatic carbocycles. The lowest BCUT2D eigenvalue weighted by molar-refractivity contribution is 0.00168. The standard InChI is InChI=1S/C24H42OSi/c1-7-9-12-17-21-23(19(3)4)25-22(18-10-8-2)24(21)26(5,6)20-15-13-11-14-16-20/h11,13-16,19,21-24H,7-10,12,17-18H2,1-6H3/t21-,22-,23-,24+/m1/s1. The van der Waals surface area contributed by atoms with Crippen molar-refractivity contribution in [2.45, 2.75) is 103 Å². The number of rotatable bonds is 10. The first-order valence-corrected chi connectivity index (χ1v) is 14.2. The Hall–Kier alpha value is -0.603. The summed E-state index contributed by atoms with van der Waals surface area (Å²) in [5, 5.41) is 1.61. The van der Waals surface area contributed by atoms with Crippen molar-refractivity contribution in [2.24, 2.45) is 11.8 Å². The molecule has 0 spiro atoms. The van der Waals surface area contributed by atoms with E-state index in [-0.39, 0.29) is 0 Å². The van der Waals surface area contributed by atoms with Crippen LogP contribution >= 0.6 is 0 Å². The lowest BCUT2D eigenvalue weighted by Crippen LogP contribution is -2.51. The van der Waals surface area contributed by atoms with Crippen LogP contribution in [0.4, 0.5) is 0 Å². The van der Waals surface area contributed by atoms with E-state index in [0.29, 0.717) is 18.1 Å². The minimum atomic E-state index is -1.60. The third-order valence-electron chi connectivity index (χ3n) is 6.61. The van der Waals surface area contributed by atoms with Gasteiger partial charge in [-0.2, -0.15) is 0 Å². The Morgan fingerprint density at radius 1 is 0.923 bits per heavy atom. The summed E-state index contributed by atoms with van der Waals surface area (Å²) < 4.78 is 6.82. The Balaban J connectivity index is 2.34. The molecule has 0 unspecified atom stereocenters. The van der Waals surface area contributed by atoms with Gasteiger partial charge < -0.3 is 4.74 Å². The largest absolute Gasteiger partial charge is 0.374 e. The quantitative estimate of drug-likeness (QED) is 0.324. The lowest BCUT2D eigenvalue weighted by atomic mass is 9.86. The van der Waals surface area contributed by atoms with Gasteiger partial charge >= 0.3 is 0 Å². The molecule has 0 saturated carbocycles. The van der Waals surface area contributed by atoms with Crippen LogP contribution in [0.5, 0.6) is 0 Å². The van der Waals surface area contributed by atoms with Crippen molar-refractivity contribution >= 4 is 13.3 Å². The molecule has 2 heteroatoms. The summed E-state index contributed by atoms with van der Waals surface area (Å²) in [6.45, 7) is 14.6. The van der Waals surface area contributed by atoms with Gasteiger partial charge in [-0.05, 0) is 30.2 Å². The molecule has 0 radical (unpaired) electrons. The van der Waals surface area contributed by atoms with Crippen molar-refractivity contribution in [3.05, 3.63) is 30.3 Å². The second kappa shape index (κ2) is 10.1. The predicted octanol–water partition coefficient (Wildman–Crippen LogP) is 6.78. The van der Waals surface area contributed by atoms with Gasteiger partial charge in [0, 0.05) is 0 Å². The van der Waals surface area contributed by atoms with Crippen LogP contribution < -0.4 is 5.19 Å². The van der Waals surface area contributed by atoms with Crippen molar-refractivity contribution < 1.29 is 4.74 Å². The van der Waals surface area contributed by atoms with Crippen molar-refractivity contribution in [3.63, 3.8) is 0 Å². The smallest absolute Gasteiger partial charge is 0.0866 e. The van der Waals surface area contributed by atoms with Gasteiger partial charge in [0.1, 0.15) is 0 Å². The normalized spacial score (nSPS) is 26.6. The fourth-order valence-electron chi connectivity index (χ4n) is 5.21. The molecule has 1 saturated heterocycles. The van der Waals surface area contributed by atoms with Crippen molar-refractivity contribution in [2.75, 3.05) is 0 Å². The number of unbranched alkanes of at least 4 members (excludes halogenated alkanes) is 3. The molecular formula is C24H42OSi. The Labute approximate surface area is 163 Å². The molecule has 2 rings (SSSR count). The van der Waals surface area contributed by atoms with Gasteiger partial charge in [0.15, 0.2) is 0 Å². The molecule has 1 aliphatic rings. The van der Waals surface area contributed by atoms with E-state index in [1.54, 1.807) is 5.19 Å². The zero-order valence-corrected chi connectivity index (χ0v) is 19.1. The monoisotopic (exact) mass is 374 g/mol. The molecule has 1 aromatic carbocycles. The molecule has 0 N–H and O–H groups in total. The first kappa shape index (κ1) is 21.7. The van der Waals surface area contributed by atoms with E-state index in [1.807, 2.05) is 0 Å². The molecule has 4 atom stereocenters. The van der Waals surface area contributed by atoms with Gasteiger partial charge in [0.05, 0.1) is 20.3 Å². The highest BCUT2D eigenvalue weighted by molar-refractivity contribution is 6.91. The van der Waals surface area contributed by atoms with E-state index in [4.69, 9.17) is 4.74 Å². The topological polar surface area (TPSA) is 9.23 Å². The summed E-state index contributed by atoms with van der Waals surface area (Å²) >= 11 is 0. The third kappa shape index (κ3) is 5.01. The average Bonchev–Trinajstić information content (AvgIpc) is 3.00. The highest BCUT2D eigenvalue weighted by Crippen LogP contribution is 2.49. The van der Waals surface area contributed by atoms with Crippen molar-refractivity contribution in [3.8, 4) is 0 Å². The lowest BCUT2D eigenvalue weighted by Gasteiger charge is -2.38. The Morgan fingerprint density at radius 2 is 1.58 bits per heavy atom. The van der Waals surface area contributed by atoms with Gasteiger partial charge in [-0.1, -0.05) is 108 Å². The summed E-state index contributed by atoms with van der Waals surface area (Å²) in [5.74, 6) is 1.36. The number of hydrogen-bond acceptors (Lipinski definition) is 1. The van der Waals surface area contributed by atoms with Gasteiger partial charge in [-0.25, -0.2) is 0 Å². The van der Waals surface area contributed by atoms with E-state index < -0.39 is 8.07 Å². The molecule has 0 bridgehead atoms. The molecule has 1 aliphatic heterocycles. The molecular weight excluding hydrogens is 332 g/mol. The second-order valence-electron chi connectivity index (χ2n) is 9.30. The molecule has 1 heterocycles. The summed E-state index contributed by atoms with van der Waals surface area (Å²) in [5.41, 5.74) is 0.751. The maximum Gasteiger partial charge on any atom is 0.0866 e. The molecule has 148 valence electrons. The van der Waals surface area contributed by atoms with Crippen LogP contribution in [0.15, 0.2) is 30.3 Å². The average molecular weight is 375 g/mol. The maximum absolute atomic E-state index is 6.82. The van der Waals surface area contributed by atoms with E-state index in [2.05, 4.69) is 71.1 Å². The SMILES string of the molecule is CCCCC[C@H]1[C@H]([Si](C)(C)c2ccccc2)[C@@H](CCCC)O[C@@H]1C(C)C. The highest BCUT2D eigenvalue weighted by Gasteiger charge is 2.52. The van der Waals surface area contributed by atoms with Gasteiger partial charge in [-0.3, -0.25) is 0 Å². The van der Waals surface area contributed by atoms with Crippen LogP contribution in [0.25, 0.3) is 0 Å². The maximum atomic E-state index is 6.82. The Bertz CT molecular complexity index is 510. The Morgan fingerprint density at radius 3 is 2.15 bits per heavy atom. The fourth-order valence-corrected chi connectivity index (χ4v) is 9.24. The van der Waals surface area contributed by atoms with Crippen LogP contribution in [0, 0.1) is 11.8 Å². The van der Waals surface area contributed by atoms with Crippen LogP contribution in [-0.2, 0) is 4.74 Å². The number of benzene rings is 1. The van der Waals surface area contributed by atoms with Crippen LogP contribution in [-0.4, -0.2) is 20.3 Å². The Kier molecular flexibility index (Phi) is 8.41. The minimum Gasteiger partial charge on any atom is -0.374 e. The number of hydrogen-bond donors (Lipinski definition) is 0. The summed E-state index contributed by atoms with van der Waals surface area (Å²) in [7, 11) is -1.60.